The van der Waals surface area contributed by atoms with Gasteiger partial charge >= 0.3 is 0 Å². The largest absolute Gasteiger partial charge is 0.392 e. The van der Waals surface area contributed by atoms with Crippen molar-refractivity contribution in [1.82, 2.24) is 10.2 Å². The molecule has 1 heterocycles. The summed E-state index contributed by atoms with van der Waals surface area (Å²) in [5, 5.41) is 23.3. The molecule has 4 rings (SSSR count). The maximum atomic E-state index is 11.3. The van der Waals surface area contributed by atoms with Gasteiger partial charge in [0.2, 0.25) is 5.91 Å². The number of likely N-dealkylation sites (N-methyl/N-ethyl adjacent to an activating group) is 1. The van der Waals surface area contributed by atoms with Crippen LogP contribution in [0.25, 0.3) is 0 Å². The number of hydrogen-bond donors (Lipinski definition) is 3. The molecule has 1 aliphatic rings. The van der Waals surface area contributed by atoms with E-state index in [9.17, 15) is 15.0 Å². The number of hydrogen-bond acceptors (Lipinski definition) is 6. The van der Waals surface area contributed by atoms with E-state index in [2.05, 4.69) is 17.1 Å². The van der Waals surface area contributed by atoms with Gasteiger partial charge in [0.25, 0.3) is 0 Å². The highest BCUT2D eigenvalue weighted by Crippen LogP contribution is 2.42. The normalized spacial score (nSPS) is 22.8. The number of aliphatic hydroxyl groups is 2. The average Bonchev–Trinajstić information content (AvgIpc) is 2.97. The van der Waals surface area contributed by atoms with Crippen molar-refractivity contribution >= 4 is 5.91 Å². The van der Waals surface area contributed by atoms with Crippen LogP contribution in [0.4, 0.5) is 0 Å². The molecule has 0 bridgehead atoms. The molecule has 0 aromatic heterocycles. The van der Waals surface area contributed by atoms with E-state index in [1.165, 1.54) is 6.92 Å². The van der Waals surface area contributed by atoms with Crippen LogP contribution in [0, 0.1) is 5.92 Å². The number of aliphatic hydroxyl groups excluding tert-OH is 2. The van der Waals surface area contributed by atoms with Crippen molar-refractivity contribution in [3.8, 4) is 0 Å². The van der Waals surface area contributed by atoms with Crippen molar-refractivity contribution in [2.75, 3.05) is 13.6 Å². The number of ether oxygens (including phenoxy) is 2. The van der Waals surface area contributed by atoms with E-state index in [1.54, 1.807) is 0 Å². The molecule has 3 aromatic carbocycles. The second-order valence-electron chi connectivity index (χ2n) is 10.5. The van der Waals surface area contributed by atoms with Crippen LogP contribution in [0.1, 0.15) is 67.1 Å². The minimum absolute atomic E-state index is 0.00697. The summed E-state index contributed by atoms with van der Waals surface area (Å²) >= 11 is 0. The highest BCUT2D eigenvalue weighted by Gasteiger charge is 2.39. The monoisotopic (exact) mass is 532 g/mol. The van der Waals surface area contributed by atoms with Gasteiger partial charge in [-0.2, -0.15) is 0 Å². The Morgan fingerprint density at radius 2 is 1.56 bits per heavy atom. The van der Waals surface area contributed by atoms with Crippen LogP contribution in [-0.2, 0) is 27.4 Å². The quantitative estimate of drug-likeness (QED) is 0.352. The van der Waals surface area contributed by atoms with Gasteiger partial charge in [-0.3, -0.25) is 9.69 Å². The Kier molecular flexibility index (Phi) is 9.88. The zero-order valence-electron chi connectivity index (χ0n) is 23.2. The second kappa shape index (κ2) is 13.3. The van der Waals surface area contributed by atoms with Gasteiger partial charge in [0.05, 0.1) is 24.9 Å². The molecule has 7 nitrogen and oxygen atoms in total. The standard InChI is InChI=1S/C32H40N2O5/c1-21-29(19-34(4)22(2)30(37)26-8-6-5-7-9-26)38-32(28-16-10-24(11-17-28)18-33-23(3)36)39-31(21)27-14-12-25(20-35)13-15-27/h5-17,21-22,29-32,35,37H,18-20H2,1-4H3,(H,33,36)/t21-,22+,29+,30+,31+,32+/m0/s1. The first-order valence-electron chi connectivity index (χ1n) is 13.5. The van der Waals surface area contributed by atoms with Crippen molar-refractivity contribution < 1.29 is 24.5 Å². The molecule has 7 heteroatoms. The maximum Gasteiger partial charge on any atom is 0.217 e. The van der Waals surface area contributed by atoms with E-state index in [0.717, 1.165) is 27.8 Å². The summed E-state index contributed by atoms with van der Waals surface area (Å²) in [7, 11) is 2.01. The molecule has 1 fully saturated rings. The molecule has 3 N–H and O–H groups in total. The molecule has 0 saturated carbocycles. The highest BCUT2D eigenvalue weighted by molar-refractivity contribution is 5.72. The predicted molar refractivity (Wildman–Crippen MR) is 150 cm³/mol. The van der Waals surface area contributed by atoms with Gasteiger partial charge in [0.1, 0.15) is 0 Å². The topological polar surface area (TPSA) is 91.3 Å². The van der Waals surface area contributed by atoms with Crippen LogP contribution in [-0.4, -0.2) is 46.8 Å². The number of amides is 1. The first-order chi connectivity index (χ1) is 18.8. The van der Waals surface area contributed by atoms with Crippen molar-refractivity contribution in [1.29, 1.82) is 0 Å². The molecule has 0 spiro atoms. The third-order valence-electron chi connectivity index (χ3n) is 7.68. The Balaban J connectivity index is 1.55. The molecule has 0 radical (unpaired) electrons. The molecule has 1 saturated heterocycles. The fourth-order valence-corrected chi connectivity index (χ4v) is 4.97. The summed E-state index contributed by atoms with van der Waals surface area (Å²) in [6.45, 7) is 6.73. The van der Waals surface area contributed by atoms with Crippen LogP contribution in [0.5, 0.6) is 0 Å². The zero-order chi connectivity index (χ0) is 27.9. The number of rotatable bonds is 10. The van der Waals surface area contributed by atoms with Gasteiger partial charge < -0.3 is 25.0 Å². The highest BCUT2D eigenvalue weighted by atomic mass is 16.7. The van der Waals surface area contributed by atoms with E-state index < -0.39 is 12.4 Å². The molecular weight excluding hydrogens is 492 g/mol. The minimum Gasteiger partial charge on any atom is -0.392 e. The van der Waals surface area contributed by atoms with Crippen molar-refractivity contribution in [2.24, 2.45) is 5.92 Å². The summed E-state index contributed by atoms with van der Waals surface area (Å²) in [5.74, 6) is -0.0376. The Morgan fingerprint density at radius 3 is 2.18 bits per heavy atom. The van der Waals surface area contributed by atoms with Crippen LogP contribution >= 0.6 is 0 Å². The van der Waals surface area contributed by atoms with Gasteiger partial charge in [-0.1, -0.05) is 85.8 Å². The van der Waals surface area contributed by atoms with Crippen molar-refractivity contribution in [2.45, 2.75) is 64.6 Å². The van der Waals surface area contributed by atoms with Gasteiger partial charge in [-0.05, 0) is 36.2 Å². The Morgan fingerprint density at radius 1 is 0.949 bits per heavy atom. The molecule has 6 atom stereocenters. The fourth-order valence-electron chi connectivity index (χ4n) is 4.97. The molecule has 3 aromatic rings. The smallest absolute Gasteiger partial charge is 0.217 e. The van der Waals surface area contributed by atoms with E-state index in [-0.39, 0.29) is 36.7 Å². The predicted octanol–water partition coefficient (Wildman–Crippen LogP) is 4.66. The summed E-state index contributed by atoms with van der Waals surface area (Å²) in [6, 6.07) is 25.4. The number of benzene rings is 3. The Bertz CT molecular complexity index is 1190. The number of nitrogens with zero attached hydrogens (tertiary/aromatic N) is 1. The van der Waals surface area contributed by atoms with E-state index in [1.807, 2.05) is 92.8 Å². The first kappa shape index (κ1) is 28.9. The molecule has 0 aliphatic carbocycles. The molecule has 1 aliphatic heterocycles. The van der Waals surface area contributed by atoms with Crippen LogP contribution < -0.4 is 5.32 Å². The summed E-state index contributed by atoms with van der Waals surface area (Å²) in [5.41, 5.74) is 4.66. The lowest BCUT2D eigenvalue weighted by atomic mass is 9.89. The van der Waals surface area contributed by atoms with Crippen LogP contribution in [0.15, 0.2) is 78.9 Å². The molecule has 0 unspecified atom stereocenters. The van der Waals surface area contributed by atoms with E-state index in [4.69, 9.17) is 9.47 Å². The summed E-state index contributed by atoms with van der Waals surface area (Å²) in [6.07, 6.45) is -1.59. The third kappa shape index (κ3) is 7.32. The number of nitrogens with one attached hydrogen (secondary N) is 1. The van der Waals surface area contributed by atoms with E-state index in [0.29, 0.717) is 13.1 Å². The SMILES string of the molecule is CC(=O)NCc1ccc([C@@H]2O[C@H](CN(C)[C@H](C)[C@@H](O)c3ccccc3)[C@H](C)[C@H](c3ccc(CO)cc3)O2)cc1. The fraction of sp³-hybridized carbons (Fsp3) is 0.406. The summed E-state index contributed by atoms with van der Waals surface area (Å²) in [4.78, 5) is 13.4. The number of carbonyl (C=O) groups excluding carboxylic acids is 1. The summed E-state index contributed by atoms with van der Waals surface area (Å²) < 4.78 is 13.1. The second-order valence-corrected chi connectivity index (χ2v) is 10.5. The van der Waals surface area contributed by atoms with Gasteiger partial charge in [0, 0.05) is 37.5 Å². The molecule has 1 amide bonds. The lowest BCUT2D eigenvalue weighted by molar-refractivity contribution is -0.276. The van der Waals surface area contributed by atoms with Crippen molar-refractivity contribution in [3.05, 3.63) is 107 Å². The number of carbonyl (C=O) groups is 1. The molecule has 208 valence electrons. The lowest BCUT2D eigenvalue weighted by Crippen LogP contribution is -2.46. The maximum absolute atomic E-state index is 11.3. The van der Waals surface area contributed by atoms with E-state index >= 15 is 0 Å². The molecular formula is C32H40N2O5. The van der Waals surface area contributed by atoms with Crippen LogP contribution in [0.3, 0.4) is 0 Å². The minimum atomic E-state index is -0.625. The first-order valence-corrected chi connectivity index (χ1v) is 13.5. The van der Waals surface area contributed by atoms with Gasteiger partial charge in [0.15, 0.2) is 6.29 Å². The average molecular weight is 533 g/mol. The zero-order valence-corrected chi connectivity index (χ0v) is 23.2. The van der Waals surface area contributed by atoms with Crippen LogP contribution in [0.2, 0.25) is 0 Å². The van der Waals surface area contributed by atoms with Crippen molar-refractivity contribution in [3.63, 3.8) is 0 Å². The van der Waals surface area contributed by atoms with Gasteiger partial charge in [-0.15, -0.1) is 0 Å². The third-order valence-corrected chi connectivity index (χ3v) is 7.68. The Hall–Kier alpha value is -3.07. The molecule has 39 heavy (non-hydrogen) atoms. The van der Waals surface area contributed by atoms with Gasteiger partial charge in [-0.25, -0.2) is 0 Å². The lowest BCUT2D eigenvalue weighted by Gasteiger charge is -2.43. The Labute approximate surface area is 231 Å².